The molecule has 2 rings (SSSR count). The van der Waals surface area contributed by atoms with E-state index in [0.717, 1.165) is 0 Å². The first-order valence-electron chi connectivity index (χ1n) is 7.01. The van der Waals surface area contributed by atoms with Gasteiger partial charge in [0, 0.05) is 32.7 Å². The van der Waals surface area contributed by atoms with Crippen LogP contribution in [0, 0.1) is 5.82 Å². The minimum absolute atomic E-state index is 0.0712. The summed E-state index contributed by atoms with van der Waals surface area (Å²) in [5.41, 5.74) is 0.413. The second-order valence-electron chi connectivity index (χ2n) is 5.13. The number of carbonyl (C=O) groups is 2. The third-order valence-corrected chi connectivity index (χ3v) is 3.67. The Kier molecular flexibility index (Phi) is 5.27. The van der Waals surface area contributed by atoms with Gasteiger partial charge in [0.2, 0.25) is 5.91 Å². The molecule has 0 unspecified atom stereocenters. The molecule has 0 aliphatic carbocycles. The van der Waals surface area contributed by atoms with E-state index in [4.69, 9.17) is 5.11 Å². The van der Waals surface area contributed by atoms with Crippen LogP contribution in [0.3, 0.4) is 0 Å². The van der Waals surface area contributed by atoms with E-state index in [0.29, 0.717) is 38.3 Å². The van der Waals surface area contributed by atoms with Gasteiger partial charge in [0.15, 0.2) is 0 Å². The fourth-order valence-electron chi connectivity index (χ4n) is 2.39. The van der Waals surface area contributed by atoms with Crippen LogP contribution in [-0.4, -0.2) is 59.5 Å². The maximum Gasteiger partial charge on any atom is 0.304 e. The molecule has 1 N–H and O–H groups in total. The summed E-state index contributed by atoms with van der Waals surface area (Å²) in [6.45, 7) is 2.96. The molecule has 1 aliphatic heterocycles. The molecule has 1 aromatic carbocycles. The van der Waals surface area contributed by atoms with Crippen molar-refractivity contribution in [3.05, 3.63) is 35.6 Å². The standard InChI is InChI=1S/C15H19FN2O3/c16-13-4-2-1-3-12(13)11-14(19)18-9-7-17(8-10-18)6-5-15(20)21/h1-4H,5-11H2,(H,20,21). The maximum absolute atomic E-state index is 13.5. The summed E-state index contributed by atoms with van der Waals surface area (Å²) < 4.78 is 13.5. The summed E-state index contributed by atoms with van der Waals surface area (Å²) in [7, 11) is 0. The highest BCUT2D eigenvalue weighted by Gasteiger charge is 2.21. The van der Waals surface area contributed by atoms with Crippen LogP contribution in [0.25, 0.3) is 0 Å². The van der Waals surface area contributed by atoms with Gasteiger partial charge in [-0.25, -0.2) is 4.39 Å². The first kappa shape index (κ1) is 15.4. The minimum atomic E-state index is -0.812. The molecule has 1 fully saturated rings. The molecule has 1 aliphatic rings. The van der Waals surface area contributed by atoms with Gasteiger partial charge in [0.05, 0.1) is 12.8 Å². The van der Waals surface area contributed by atoms with Crippen LogP contribution in [0.5, 0.6) is 0 Å². The van der Waals surface area contributed by atoms with Crippen molar-refractivity contribution in [2.45, 2.75) is 12.8 Å². The average molecular weight is 294 g/mol. The van der Waals surface area contributed by atoms with E-state index in [9.17, 15) is 14.0 Å². The molecule has 0 atom stereocenters. The zero-order valence-corrected chi connectivity index (χ0v) is 11.8. The zero-order valence-electron chi connectivity index (χ0n) is 11.8. The predicted octanol–water partition coefficient (Wildman–Crippen LogP) is 0.987. The number of amides is 1. The van der Waals surface area contributed by atoms with Gasteiger partial charge in [-0.3, -0.25) is 14.5 Å². The molecule has 0 radical (unpaired) electrons. The van der Waals surface area contributed by atoms with Gasteiger partial charge in [-0.15, -0.1) is 0 Å². The number of carboxylic acids is 1. The van der Waals surface area contributed by atoms with Crippen molar-refractivity contribution in [1.82, 2.24) is 9.80 Å². The van der Waals surface area contributed by atoms with Crippen LogP contribution in [0.2, 0.25) is 0 Å². The van der Waals surface area contributed by atoms with E-state index in [2.05, 4.69) is 0 Å². The highest BCUT2D eigenvalue weighted by Crippen LogP contribution is 2.10. The Morgan fingerprint density at radius 1 is 1.14 bits per heavy atom. The number of halogens is 1. The van der Waals surface area contributed by atoms with E-state index in [-0.39, 0.29) is 24.6 Å². The predicted molar refractivity (Wildman–Crippen MR) is 75.4 cm³/mol. The normalized spacial score (nSPS) is 16.0. The van der Waals surface area contributed by atoms with E-state index < -0.39 is 5.97 Å². The quantitative estimate of drug-likeness (QED) is 0.879. The molecule has 5 nitrogen and oxygen atoms in total. The third-order valence-electron chi connectivity index (χ3n) is 3.67. The number of hydrogen-bond acceptors (Lipinski definition) is 3. The first-order chi connectivity index (χ1) is 10.1. The SMILES string of the molecule is O=C(O)CCN1CCN(C(=O)Cc2ccccc2F)CC1. The molecule has 0 aromatic heterocycles. The molecule has 114 valence electrons. The van der Waals surface area contributed by atoms with Crippen LogP contribution in [0.15, 0.2) is 24.3 Å². The van der Waals surface area contributed by atoms with Crippen molar-refractivity contribution in [1.29, 1.82) is 0 Å². The van der Waals surface area contributed by atoms with Crippen molar-refractivity contribution in [3.63, 3.8) is 0 Å². The third kappa shape index (κ3) is 4.53. The number of piperazine rings is 1. The van der Waals surface area contributed by atoms with Gasteiger partial charge in [-0.05, 0) is 11.6 Å². The zero-order chi connectivity index (χ0) is 15.2. The summed E-state index contributed by atoms with van der Waals surface area (Å²) in [6.07, 6.45) is 0.185. The Morgan fingerprint density at radius 2 is 1.81 bits per heavy atom. The Balaban J connectivity index is 1.81. The molecule has 6 heteroatoms. The van der Waals surface area contributed by atoms with Crippen molar-refractivity contribution < 1.29 is 19.1 Å². The highest BCUT2D eigenvalue weighted by molar-refractivity contribution is 5.79. The van der Waals surface area contributed by atoms with E-state index in [1.165, 1.54) is 6.07 Å². The second kappa shape index (κ2) is 7.17. The molecule has 1 aromatic rings. The molecule has 0 spiro atoms. The molecule has 21 heavy (non-hydrogen) atoms. The van der Waals surface area contributed by atoms with E-state index in [1.54, 1.807) is 23.1 Å². The van der Waals surface area contributed by atoms with Gasteiger partial charge in [-0.2, -0.15) is 0 Å². The fourth-order valence-corrected chi connectivity index (χ4v) is 2.39. The van der Waals surface area contributed by atoms with Gasteiger partial charge in [-0.1, -0.05) is 18.2 Å². The summed E-state index contributed by atoms with van der Waals surface area (Å²) in [5.74, 6) is -1.25. The number of aliphatic carboxylic acids is 1. The first-order valence-corrected chi connectivity index (χ1v) is 7.01. The minimum Gasteiger partial charge on any atom is -0.481 e. The van der Waals surface area contributed by atoms with Crippen molar-refractivity contribution >= 4 is 11.9 Å². The lowest BCUT2D eigenvalue weighted by Gasteiger charge is -2.34. The molecule has 0 saturated carbocycles. The molecular formula is C15H19FN2O3. The molecule has 1 amide bonds. The molecule has 0 bridgehead atoms. The Hall–Kier alpha value is -1.95. The van der Waals surface area contributed by atoms with Crippen molar-refractivity contribution in [2.75, 3.05) is 32.7 Å². The van der Waals surface area contributed by atoms with E-state index >= 15 is 0 Å². The Morgan fingerprint density at radius 3 is 2.43 bits per heavy atom. The molecular weight excluding hydrogens is 275 g/mol. The highest BCUT2D eigenvalue weighted by atomic mass is 19.1. The maximum atomic E-state index is 13.5. The van der Waals surface area contributed by atoms with Crippen molar-refractivity contribution in [2.24, 2.45) is 0 Å². The summed E-state index contributed by atoms with van der Waals surface area (Å²) in [6, 6.07) is 6.29. The largest absolute Gasteiger partial charge is 0.481 e. The van der Waals surface area contributed by atoms with Gasteiger partial charge < -0.3 is 10.0 Å². The number of hydrogen-bond donors (Lipinski definition) is 1. The molecule has 1 saturated heterocycles. The van der Waals surface area contributed by atoms with Crippen LogP contribution >= 0.6 is 0 Å². The van der Waals surface area contributed by atoms with Crippen LogP contribution in [0.4, 0.5) is 4.39 Å². The topological polar surface area (TPSA) is 60.9 Å². The van der Waals surface area contributed by atoms with E-state index in [1.807, 2.05) is 4.90 Å². The molecule has 1 heterocycles. The smallest absolute Gasteiger partial charge is 0.304 e. The average Bonchev–Trinajstić information content (AvgIpc) is 2.48. The van der Waals surface area contributed by atoms with Gasteiger partial charge >= 0.3 is 5.97 Å². The lowest BCUT2D eigenvalue weighted by molar-refractivity contribution is -0.138. The van der Waals surface area contributed by atoms with Crippen LogP contribution in [-0.2, 0) is 16.0 Å². The Labute approximate surface area is 123 Å². The van der Waals surface area contributed by atoms with Crippen LogP contribution < -0.4 is 0 Å². The number of benzene rings is 1. The second-order valence-corrected chi connectivity index (χ2v) is 5.13. The summed E-state index contributed by atoms with van der Waals surface area (Å²) in [4.78, 5) is 26.4. The Bertz CT molecular complexity index is 513. The number of nitrogens with zero attached hydrogens (tertiary/aromatic N) is 2. The number of rotatable bonds is 5. The fraction of sp³-hybridized carbons (Fsp3) is 0.467. The van der Waals surface area contributed by atoms with Crippen LogP contribution in [0.1, 0.15) is 12.0 Å². The number of carboxylic acid groups (broad SMARTS) is 1. The van der Waals surface area contributed by atoms with Gasteiger partial charge in [0.1, 0.15) is 5.82 Å². The van der Waals surface area contributed by atoms with Crippen molar-refractivity contribution in [3.8, 4) is 0 Å². The summed E-state index contributed by atoms with van der Waals surface area (Å²) >= 11 is 0. The lowest BCUT2D eigenvalue weighted by atomic mass is 10.1. The van der Waals surface area contributed by atoms with Gasteiger partial charge in [0.25, 0.3) is 0 Å². The monoisotopic (exact) mass is 294 g/mol. The lowest BCUT2D eigenvalue weighted by Crippen LogP contribution is -2.49. The number of carbonyl (C=O) groups excluding carboxylic acids is 1. The summed E-state index contributed by atoms with van der Waals surface area (Å²) in [5, 5.41) is 8.65.